The minimum absolute atomic E-state index is 1.26. The highest BCUT2D eigenvalue weighted by molar-refractivity contribution is 7.06. The number of hydrogen-bond acceptors (Lipinski definition) is 0. The fourth-order valence-corrected chi connectivity index (χ4v) is 10.1. The third-order valence-electron chi connectivity index (χ3n) is 8.01. The molecule has 6 aromatic carbocycles. The Hall–Kier alpha value is -4.67. The van der Waals surface area contributed by atoms with E-state index >= 15 is 0 Å². The van der Waals surface area contributed by atoms with E-state index in [1.54, 1.807) is 0 Å². The summed E-state index contributed by atoms with van der Waals surface area (Å²) in [4.78, 5) is 0. The average Bonchev–Trinajstić information content (AvgIpc) is 3.20. The second-order valence-electron chi connectivity index (χ2n) is 10.4. The van der Waals surface area contributed by atoms with Crippen LogP contribution in [0.25, 0.3) is 20.0 Å². The van der Waals surface area contributed by atoms with E-state index in [1.807, 2.05) is 0 Å². The molecule has 0 radical (unpaired) electrons. The first-order valence-electron chi connectivity index (χ1n) is 14.2. The van der Waals surface area contributed by atoms with Crippen LogP contribution in [0.15, 0.2) is 176 Å². The molecular formula is C40H29Al. The third-order valence-corrected chi connectivity index (χ3v) is 11.5. The highest BCUT2D eigenvalue weighted by Gasteiger charge is 2.39. The standard InChI is InChI=1S/C34H24.C6H5.Al/c1-5-15-27(16-6-1)25-33(29-19-9-3-10-20-29)31-23-13-14-24-32(31)34(30-21-11-4-12-22-30)26-28-17-7-2-8-18-28;1-2-4-6-5-3-1;/h1-24H;1-5H;. The lowest BCUT2D eigenvalue weighted by molar-refractivity contribution is 1.49. The first-order valence-corrected chi connectivity index (χ1v) is 16.0. The molecule has 1 aliphatic rings. The van der Waals surface area contributed by atoms with Crippen molar-refractivity contribution in [3.05, 3.63) is 209 Å². The average molecular weight is 537 g/mol. The first kappa shape index (κ1) is 25.3. The normalized spacial score (nSPS) is 13.1. The monoisotopic (exact) mass is 536 g/mol. The Labute approximate surface area is 247 Å². The summed E-state index contributed by atoms with van der Waals surface area (Å²) < 4.78 is 4.33. The van der Waals surface area contributed by atoms with Crippen molar-refractivity contribution in [2.75, 3.05) is 0 Å². The van der Waals surface area contributed by atoms with Gasteiger partial charge in [0.05, 0.1) is 0 Å². The summed E-state index contributed by atoms with van der Waals surface area (Å²) in [5.41, 5.74) is 10.4. The number of hydrogen-bond donors (Lipinski definition) is 0. The smallest absolute Gasteiger partial charge is 0.0984 e. The van der Waals surface area contributed by atoms with Crippen LogP contribution in [0.4, 0.5) is 0 Å². The van der Waals surface area contributed by atoms with Crippen LogP contribution in [0.1, 0.15) is 33.4 Å². The molecule has 0 nitrogen and oxygen atoms in total. The second kappa shape index (κ2) is 11.4. The summed E-state index contributed by atoms with van der Waals surface area (Å²) >= 11 is -2.10. The predicted octanol–water partition coefficient (Wildman–Crippen LogP) is 9.10. The second-order valence-corrected chi connectivity index (χ2v) is 13.1. The molecule has 0 atom stereocenters. The summed E-state index contributed by atoms with van der Waals surface area (Å²) in [6, 6.07) is 64.5. The molecule has 0 aromatic heterocycles. The van der Waals surface area contributed by atoms with Crippen molar-refractivity contribution >= 4 is 38.6 Å². The summed E-state index contributed by atoms with van der Waals surface area (Å²) in [6.45, 7) is 0. The molecule has 192 valence electrons. The van der Waals surface area contributed by atoms with Crippen LogP contribution in [0.5, 0.6) is 0 Å². The number of rotatable bonds is 5. The molecule has 1 heterocycles. The lowest BCUT2D eigenvalue weighted by Crippen LogP contribution is -2.34. The van der Waals surface area contributed by atoms with E-state index in [4.69, 9.17) is 0 Å². The largest absolute Gasteiger partial charge is 0.387 e. The molecule has 0 saturated heterocycles. The Morgan fingerprint density at radius 2 is 0.561 bits per heavy atom. The molecule has 0 spiro atoms. The minimum atomic E-state index is -2.10. The fraction of sp³-hybridized carbons (Fsp3) is 0. The molecule has 0 aliphatic carbocycles. The van der Waals surface area contributed by atoms with Crippen molar-refractivity contribution in [2.45, 2.75) is 0 Å². The molecule has 0 fully saturated rings. The van der Waals surface area contributed by atoms with Gasteiger partial charge in [0.15, 0.2) is 0 Å². The van der Waals surface area contributed by atoms with E-state index in [-0.39, 0.29) is 0 Å². The Morgan fingerprint density at radius 1 is 0.268 bits per heavy atom. The van der Waals surface area contributed by atoms with Crippen molar-refractivity contribution in [1.82, 2.24) is 0 Å². The third kappa shape index (κ3) is 4.81. The Kier molecular flexibility index (Phi) is 7.06. The topological polar surface area (TPSA) is 0 Å². The fourth-order valence-electron chi connectivity index (χ4n) is 6.31. The zero-order valence-electron chi connectivity index (χ0n) is 22.8. The van der Waals surface area contributed by atoms with E-state index in [1.165, 1.54) is 57.8 Å². The first-order chi connectivity index (χ1) is 20.4. The van der Waals surface area contributed by atoms with Crippen molar-refractivity contribution in [3.8, 4) is 0 Å². The van der Waals surface area contributed by atoms with Gasteiger partial charge in [-0.1, -0.05) is 189 Å². The molecule has 1 heteroatoms. The van der Waals surface area contributed by atoms with Gasteiger partial charge < -0.3 is 0 Å². The van der Waals surface area contributed by atoms with Gasteiger partial charge in [-0.15, -0.1) is 0 Å². The molecular weight excluding hydrogens is 507 g/mol. The molecule has 0 bridgehead atoms. The zero-order chi connectivity index (χ0) is 27.4. The predicted molar refractivity (Wildman–Crippen MR) is 176 cm³/mol. The van der Waals surface area contributed by atoms with Crippen LogP contribution in [0, 0.1) is 0 Å². The van der Waals surface area contributed by atoms with Gasteiger partial charge in [-0.25, -0.2) is 0 Å². The molecule has 1 aliphatic heterocycles. The Morgan fingerprint density at radius 3 is 0.927 bits per heavy atom. The molecule has 0 amide bonds. The van der Waals surface area contributed by atoms with Crippen molar-refractivity contribution < 1.29 is 0 Å². The van der Waals surface area contributed by atoms with Crippen LogP contribution < -0.4 is 4.43 Å². The quantitative estimate of drug-likeness (QED) is 0.193. The van der Waals surface area contributed by atoms with E-state index in [0.717, 1.165) is 0 Å². The van der Waals surface area contributed by atoms with Gasteiger partial charge in [0, 0.05) is 0 Å². The van der Waals surface area contributed by atoms with Gasteiger partial charge in [0.25, 0.3) is 0 Å². The van der Waals surface area contributed by atoms with Gasteiger partial charge in [-0.3, -0.25) is 0 Å². The van der Waals surface area contributed by atoms with Crippen molar-refractivity contribution in [1.29, 1.82) is 0 Å². The van der Waals surface area contributed by atoms with Crippen molar-refractivity contribution in [3.63, 3.8) is 0 Å². The highest BCUT2D eigenvalue weighted by Crippen LogP contribution is 2.47. The van der Waals surface area contributed by atoms with Gasteiger partial charge in [-0.2, -0.15) is 0 Å². The number of benzene rings is 6. The van der Waals surface area contributed by atoms with E-state index in [2.05, 4.69) is 176 Å². The van der Waals surface area contributed by atoms with Crippen LogP contribution in [-0.4, -0.2) is 14.1 Å². The molecule has 0 unspecified atom stereocenters. The summed E-state index contributed by atoms with van der Waals surface area (Å²) in [5, 5.41) is 0. The van der Waals surface area contributed by atoms with E-state index < -0.39 is 14.1 Å². The van der Waals surface area contributed by atoms with Gasteiger partial charge in [0.1, 0.15) is 0 Å². The Bertz CT molecular complexity index is 1720. The molecule has 41 heavy (non-hydrogen) atoms. The van der Waals surface area contributed by atoms with Crippen LogP contribution in [-0.2, 0) is 0 Å². The summed E-state index contributed by atoms with van der Waals surface area (Å²) in [5.74, 6) is 0. The SMILES string of the molecule is c1ccc(C2=[C](c3ccccc3)[Al]([c]3ccccc3)[C](c3ccccc3)=C(c3ccccc3)c3ccccc32)cc1. The van der Waals surface area contributed by atoms with E-state index in [0.29, 0.717) is 0 Å². The lowest BCUT2D eigenvalue weighted by atomic mass is 9.86. The maximum Gasteiger partial charge on any atom is 0.387 e. The molecule has 7 rings (SSSR count). The molecule has 0 N–H and O–H groups in total. The minimum Gasteiger partial charge on any atom is -0.0984 e. The van der Waals surface area contributed by atoms with Crippen molar-refractivity contribution in [2.24, 2.45) is 0 Å². The highest BCUT2D eigenvalue weighted by atomic mass is 27.2. The van der Waals surface area contributed by atoms with Crippen LogP contribution in [0.2, 0.25) is 0 Å². The summed E-state index contributed by atoms with van der Waals surface area (Å²) in [6.07, 6.45) is 0. The maximum absolute atomic E-state index is 2.35. The summed E-state index contributed by atoms with van der Waals surface area (Å²) in [7, 11) is 0. The Balaban J connectivity index is 1.73. The maximum atomic E-state index is 2.35. The van der Waals surface area contributed by atoms with Gasteiger partial charge in [-0.05, 0) is 44.5 Å². The van der Waals surface area contributed by atoms with Gasteiger partial charge in [0.2, 0.25) is 0 Å². The van der Waals surface area contributed by atoms with Crippen LogP contribution in [0.3, 0.4) is 0 Å². The molecule has 6 aromatic rings. The lowest BCUT2D eigenvalue weighted by Gasteiger charge is -2.24. The van der Waals surface area contributed by atoms with E-state index in [9.17, 15) is 0 Å². The number of fused-ring (bicyclic) bond motifs is 1. The zero-order valence-corrected chi connectivity index (χ0v) is 24.0. The molecule has 0 saturated carbocycles. The van der Waals surface area contributed by atoms with Crippen LogP contribution >= 0.6 is 0 Å². The van der Waals surface area contributed by atoms with Gasteiger partial charge >= 0.3 is 14.1 Å².